The van der Waals surface area contributed by atoms with Crippen LogP contribution in [0, 0.1) is 0 Å². The standard InChI is InChI=1S/C22H35N3O3.ClH/c1-5-22(6-2,15-23)24-21(27)18-10-12-19(13-11-18)28-14-20(26)25-16(3)8-7-9-17(25)4;/h10-13,16-17H,5-9,14-15,23H2,1-4H3,(H,24,27);1H. The van der Waals surface area contributed by atoms with E-state index in [1.54, 1.807) is 24.3 Å². The third-order valence-electron chi connectivity index (χ3n) is 6.08. The van der Waals surface area contributed by atoms with Crippen molar-refractivity contribution in [3.05, 3.63) is 29.8 Å². The molecule has 29 heavy (non-hydrogen) atoms. The normalized spacial score (nSPS) is 19.3. The predicted octanol–water partition coefficient (Wildman–Crippen LogP) is 3.52. The van der Waals surface area contributed by atoms with Gasteiger partial charge in [-0.15, -0.1) is 12.4 Å². The summed E-state index contributed by atoms with van der Waals surface area (Å²) in [5.74, 6) is 0.450. The molecule has 1 aromatic rings. The zero-order valence-corrected chi connectivity index (χ0v) is 18.9. The molecule has 0 aliphatic carbocycles. The Labute approximate surface area is 181 Å². The van der Waals surface area contributed by atoms with E-state index >= 15 is 0 Å². The van der Waals surface area contributed by atoms with Crippen LogP contribution in [0.5, 0.6) is 5.75 Å². The van der Waals surface area contributed by atoms with Gasteiger partial charge in [0.1, 0.15) is 5.75 Å². The first-order valence-corrected chi connectivity index (χ1v) is 10.4. The fourth-order valence-electron chi connectivity index (χ4n) is 3.91. The van der Waals surface area contributed by atoms with Crippen molar-refractivity contribution in [1.82, 2.24) is 10.2 Å². The van der Waals surface area contributed by atoms with Crippen LogP contribution in [-0.2, 0) is 4.79 Å². The molecule has 1 aliphatic heterocycles. The van der Waals surface area contributed by atoms with E-state index in [2.05, 4.69) is 19.2 Å². The second-order valence-electron chi connectivity index (χ2n) is 7.89. The van der Waals surface area contributed by atoms with E-state index in [9.17, 15) is 9.59 Å². The highest BCUT2D eigenvalue weighted by Gasteiger charge is 2.29. The van der Waals surface area contributed by atoms with Crippen molar-refractivity contribution >= 4 is 24.2 Å². The van der Waals surface area contributed by atoms with Gasteiger partial charge in [0.15, 0.2) is 6.61 Å². The molecule has 0 spiro atoms. The van der Waals surface area contributed by atoms with E-state index in [1.165, 1.54) is 0 Å². The van der Waals surface area contributed by atoms with Crippen molar-refractivity contribution in [2.45, 2.75) is 77.4 Å². The molecule has 1 aliphatic rings. The van der Waals surface area contributed by atoms with Crippen LogP contribution in [0.2, 0.25) is 0 Å². The molecule has 0 bridgehead atoms. The number of benzene rings is 1. The van der Waals surface area contributed by atoms with Gasteiger partial charge < -0.3 is 20.7 Å². The van der Waals surface area contributed by atoms with Crippen molar-refractivity contribution in [3.8, 4) is 5.75 Å². The first kappa shape index (κ1) is 25.2. The summed E-state index contributed by atoms with van der Waals surface area (Å²) in [5.41, 5.74) is 6.04. The summed E-state index contributed by atoms with van der Waals surface area (Å²) in [6, 6.07) is 7.40. The van der Waals surface area contributed by atoms with Crippen LogP contribution in [0.15, 0.2) is 24.3 Å². The highest BCUT2D eigenvalue weighted by atomic mass is 35.5. The molecule has 0 radical (unpaired) electrons. The molecule has 1 saturated heterocycles. The van der Waals surface area contributed by atoms with Crippen molar-refractivity contribution in [1.29, 1.82) is 0 Å². The van der Waals surface area contributed by atoms with Gasteiger partial charge in [-0.3, -0.25) is 9.59 Å². The number of amides is 2. The minimum Gasteiger partial charge on any atom is -0.484 e. The number of likely N-dealkylation sites (tertiary alicyclic amines) is 1. The van der Waals surface area contributed by atoms with Crippen LogP contribution in [0.3, 0.4) is 0 Å². The zero-order chi connectivity index (χ0) is 20.7. The van der Waals surface area contributed by atoms with Crippen LogP contribution >= 0.6 is 12.4 Å². The maximum absolute atomic E-state index is 12.5. The lowest BCUT2D eigenvalue weighted by molar-refractivity contribution is -0.139. The lowest BCUT2D eigenvalue weighted by atomic mass is 9.92. The molecule has 3 N–H and O–H groups in total. The minimum absolute atomic E-state index is 0. The Hall–Kier alpha value is -1.79. The predicted molar refractivity (Wildman–Crippen MR) is 119 cm³/mol. The van der Waals surface area contributed by atoms with Gasteiger partial charge in [-0.1, -0.05) is 13.8 Å². The lowest BCUT2D eigenvalue weighted by Crippen LogP contribution is -2.52. The monoisotopic (exact) mass is 425 g/mol. The maximum atomic E-state index is 12.5. The van der Waals surface area contributed by atoms with E-state index in [0.717, 1.165) is 32.1 Å². The number of rotatable bonds is 8. The second-order valence-corrected chi connectivity index (χ2v) is 7.89. The number of carbonyl (C=O) groups excluding carboxylic acids is 2. The van der Waals surface area contributed by atoms with Crippen LogP contribution < -0.4 is 15.8 Å². The Morgan fingerprint density at radius 3 is 2.17 bits per heavy atom. The summed E-state index contributed by atoms with van der Waals surface area (Å²) < 4.78 is 5.67. The summed E-state index contributed by atoms with van der Waals surface area (Å²) in [6.45, 7) is 8.65. The molecule has 2 amide bonds. The first-order chi connectivity index (χ1) is 13.4. The van der Waals surface area contributed by atoms with Gasteiger partial charge in [0.05, 0.1) is 5.54 Å². The van der Waals surface area contributed by atoms with E-state index in [-0.39, 0.29) is 48.5 Å². The Bertz CT molecular complexity index is 644. The number of ether oxygens (including phenoxy) is 1. The van der Waals surface area contributed by atoms with Gasteiger partial charge in [0.2, 0.25) is 0 Å². The van der Waals surface area contributed by atoms with Crippen molar-refractivity contribution < 1.29 is 14.3 Å². The van der Waals surface area contributed by atoms with Crippen LogP contribution in [0.25, 0.3) is 0 Å². The molecule has 2 rings (SSSR count). The Balaban J connectivity index is 0.00000420. The van der Waals surface area contributed by atoms with Gasteiger partial charge in [0.25, 0.3) is 11.8 Å². The number of carbonyl (C=O) groups is 2. The van der Waals surface area contributed by atoms with Gasteiger partial charge >= 0.3 is 0 Å². The Morgan fingerprint density at radius 1 is 1.14 bits per heavy atom. The fourth-order valence-corrected chi connectivity index (χ4v) is 3.91. The minimum atomic E-state index is -0.375. The number of piperidine rings is 1. The molecular weight excluding hydrogens is 390 g/mol. The molecule has 1 heterocycles. The van der Waals surface area contributed by atoms with Crippen molar-refractivity contribution in [2.24, 2.45) is 5.73 Å². The lowest BCUT2D eigenvalue weighted by Gasteiger charge is -2.38. The van der Waals surface area contributed by atoms with E-state index in [4.69, 9.17) is 10.5 Å². The van der Waals surface area contributed by atoms with Crippen LogP contribution in [0.1, 0.15) is 70.2 Å². The number of hydrogen-bond acceptors (Lipinski definition) is 4. The van der Waals surface area contributed by atoms with Gasteiger partial charge in [-0.2, -0.15) is 0 Å². The van der Waals surface area contributed by atoms with Gasteiger partial charge in [-0.25, -0.2) is 0 Å². The second kappa shape index (κ2) is 11.4. The highest BCUT2D eigenvalue weighted by molar-refractivity contribution is 5.94. The van der Waals surface area contributed by atoms with Gasteiger partial charge in [0, 0.05) is 24.2 Å². The summed E-state index contributed by atoms with van der Waals surface area (Å²) in [4.78, 5) is 27.0. The maximum Gasteiger partial charge on any atom is 0.260 e. The Morgan fingerprint density at radius 2 is 1.69 bits per heavy atom. The molecule has 0 aromatic heterocycles. The van der Waals surface area contributed by atoms with Crippen molar-refractivity contribution in [3.63, 3.8) is 0 Å². The Kier molecular flexibility index (Phi) is 9.93. The highest BCUT2D eigenvalue weighted by Crippen LogP contribution is 2.23. The molecule has 2 atom stereocenters. The first-order valence-electron chi connectivity index (χ1n) is 10.4. The number of nitrogens with one attached hydrogen (secondary N) is 1. The van der Waals surface area contributed by atoms with E-state index in [0.29, 0.717) is 17.9 Å². The zero-order valence-electron chi connectivity index (χ0n) is 18.1. The summed E-state index contributed by atoms with van der Waals surface area (Å²) in [6.07, 6.45) is 4.81. The SMILES string of the molecule is CCC(CC)(CN)NC(=O)c1ccc(OCC(=O)N2C(C)CCCC2C)cc1.Cl. The average Bonchev–Trinajstić information content (AvgIpc) is 2.70. The topological polar surface area (TPSA) is 84.7 Å². The van der Waals surface area contributed by atoms with Crippen LogP contribution in [0.4, 0.5) is 0 Å². The van der Waals surface area contributed by atoms with Gasteiger partial charge in [-0.05, 0) is 70.2 Å². The van der Waals surface area contributed by atoms with Crippen molar-refractivity contribution in [2.75, 3.05) is 13.2 Å². The third-order valence-corrected chi connectivity index (χ3v) is 6.08. The molecule has 0 saturated carbocycles. The molecule has 164 valence electrons. The number of nitrogens with zero attached hydrogens (tertiary/aromatic N) is 1. The molecule has 1 fully saturated rings. The molecule has 7 heteroatoms. The quantitative estimate of drug-likeness (QED) is 0.667. The number of halogens is 1. The molecule has 2 unspecified atom stereocenters. The third kappa shape index (κ3) is 6.34. The summed E-state index contributed by atoms with van der Waals surface area (Å²) >= 11 is 0. The molecule has 6 nitrogen and oxygen atoms in total. The average molecular weight is 426 g/mol. The smallest absolute Gasteiger partial charge is 0.260 e. The molecular formula is C22H36ClN3O3. The van der Waals surface area contributed by atoms with E-state index in [1.807, 2.05) is 18.7 Å². The van der Waals surface area contributed by atoms with E-state index < -0.39 is 0 Å². The number of nitrogens with two attached hydrogens (primary N) is 1. The number of hydrogen-bond donors (Lipinski definition) is 2. The van der Waals surface area contributed by atoms with Crippen LogP contribution in [-0.4, -0.2) is 47.5 Å². The summed E-state index contributed by atoms with van der Waals surface area (Å²) in [7, 11) is 0. The molecule has 1 aromatic carbocycles. The largest absolute Gasteiger partial charge is 0.484 e. The summed E-state index contributed by atoms with van der Waals surface area (Å²) in [5, 5.41) is 3.05. The fraction of sp³-hybridized carbons (Fsp3) is 0.636.